The molecule has 260 valence electrons. The van der Waals surface area contributed by atoms with Gasteiger partial charge in [-0.25, -0.2) is 9.97 Å². The summed E-state index contributed by atoms with van der Waals surface area (Å²) >= 11 is 0. The van der Waals surface area contributed by atoms with Gasteiger partial charge in [-0.2, -0.15) is 0 Å². The molecule has 2 saturated heterocycles. The van der Waals surface area contributed by atoms with Crippen LogP contribution in [0.5, 0.6) is 0 Å². The minimum atomic E-state index is 0. The van der Waals surface area contributed by atoms with Crippen molar-refractivity contribution in [3.63, 3.8) is 0 Å². The van der Waals surface area contributed by atoms with Crippen LogP contribution in [-0.4, -0.2) is 72.6 Å². The number of aromatic nitrogens is 6. The van der Waals surface area contributed by atoms with Gasteiger partial charge in [-0.3, -0.25) is 14.9 Å². The van der Waals surface area contributed by atoms with E-state index < -0.39 is 0 Å². The second-order valence-electron chi connectivity index (χ2n) is 13.9. The normalized spacial score (nSPS) is 17.9. The molecule has 12 heteroatoms. The number of hydrogen-bond acceptors (Lipinski definition) is 8. The monoisotopic (exact) mass is 832 g/mol. The maximum Gasteiger partial charge on any atom is 0.107 e. The van der Waals surface area contributed by atoms with Crippen LogP contribution >= 0.6 is 0 Å². The number of rotatable bonds is 4. The Hall–Kier alpha value is -2.59. The zero-order valence-electron chi connectivity index (χ0n) is 30.6. The molecule has 0 spiro atoms. The summed E-state index contributed by atoms with van der Waals surface area (Å²) in [6.07, 6.45) is 15.2. The molecule has 2 radical (unpaired) electrons. The van der Waals surface area contributed by atoms with Crippen molar-refractivity contribution in [3.05, 3.63) is 83.7 Å². The Balaban J connectivity index is 0.000000190. The summed E-state index contributed by atoms with van der Waals surface area (Å²) in [5, 5.41) is 1.83. The number of likely N-dealkylation sites (tertiary alicyclic amines) is 2. The largest absolute Gasteiger partial charge is 0.414 e. The predicted octanol–water partition coefficient (Wildman–Crippen LogP) is 6.68. The Morgan fingerprint density at radius 3 is 1.67 bits per heavy atom. The van der Waals surface area contributed by atoms with Gasteiger partial charge in [0.15, 0.2) is 0 Å². The first kappa shape index (κ1) is 39.6. The fourth-order valence-corrected chi connectivity index (χ4v) is 7.71. The molecule has 0 saturated carbocycles. The zero-order valence-corrected chi connectivity index (χ0v) is 36.3. The minimum absolute atomic E-state index is 0. The first-order valence-electron chi connectivity index (χ1n) is 17.2. The fraction of sp³-hybridized carbons (Fsp3) is 0.385. The Morgan fingerprint density at radius 1 is 0.667 bits per heavy atom. The first-order chi connectivity index (χ1) is 23.6. The van der Waals surface area contributed by atoms with E-state index in [1.807, 2.05) is 0 Å². The van der Waals surface area contributed by atoms with Crippen molar-refractivity contribution in [2.45, 2.75) is 65.6 Å². The van der Waals surface area contributed by atoms with Crippen LogP contribution < -0.4 is 11.5 Å². The summed E-state index contributed by atoms with van der Waals surface area (Å²) in [5.74, 6) is 1.05. The minimum Gasteiger partial charge on any atom is -0.414 e. The standard InChI is InChI=1S/C20H24N5.C19H22N5.2Y/c1-13-6-7-16(14(2)9-13)17-11-25(15-5-4-8-24(3)10-15)20-18(17)19(21)22-12-23-20;1-12-6-7-14(13(2)9-12)15-10-24(16-5-4-8-23(16)3)19-17(15)18(20)21-11-22-19;;/h6-7,9,12,15H,4-5,8,10H2,1-3H3,(H2,21,22,23);6-7,9,11,16H,4-5,8H2,1-3H3,(H2,20,21,22);;/q2*-1;;. The van der Waals surface area contributed by atoms with Gasteiger partial charge in [-0.1, -0.05) is 92.9 Å². The summed E-state index contributed by atoms with van der Waals surface area (Å²) in [6, 6.07) is 13.3. The molecule has 4 N–H and O–H groups in total. The van der Waals surface area contributed by atoms with Gasteiger partial charge in [0.2, 0.25) is 0 Å². The van der Waals surface area contributed by atoms with E-state index in [0.717, 1.165) is 76.8 Å². The Bertz CT molecular complexity index is 2160. The van der Waals surface area contributed by atoms with Gasteiger partial charge < -0.3 is 25.5 Å². The van der Waals surface area contributed by atoms with E-state index in [0.29, 0.717) is 17.7 Å². The molecular formula is C39H46N10Y2-2. The molecule has 51 heavy (non-hydrogen) atoms. The summed E-state index contributed by atoms with van der Waals surface area (Å²) in [7, 11) is 4.32. The van der Waals surface area contributed by atoms with Crippen LogP contribution in [-0.2, 0) is 65.4 Å². The van der Waals surface area contributed by atoms with E-state index in [4.69, 9.17) is 11.5 Å². The SMILES string of the molecule is Cc1ccc(-c2[c-]n(C3CCCN(C)C3)c3ncnc(N)c23)c(C)c1.Cc1ccc(-c2[c-]n(C3CCCN3C)c3ncnc(N)c23)c(C)c1.[Y].[Y]. The van der Waals surface area contributed by atoms with Gasteiger partial charge in [-0.05, 0) is 80.6 Å². The molecule has 0 aliphatic carbocycles. The average molecular weight is 833 g/mol. The van der Waals surface area contributed by atoms with E-state index in [2.05, 4.69) is 129 Å². The molecular weight excluding hydrogens is 786 g/mol. The summed E-state index contributed by atoms with van der Waals surface area (Å²) in [4.78, 5) is 22.3. The van der Waals surface area contributed by atoms with E-state index in [1.54, 1.807) is 12.7 Å². The molecule has 2 aromatic carbocycles. The maximum absolute atomic E-state index is 6.25. The van der Waals surface area contributed by atoms with Crippen LogP contribution in [0.4, 0.5) is 11.6 Å². The topological polar surface area (TPSA) is 120 Å². The van der Waals surface area contributed by atoms with Crippen molar-refractivity contribution in [1.82, 2.24) is 38.9 Å². The van der Waals surface area contributed by atoms with Gasteiger partial charge in [-0.15, -0.1) is 11.1 Å². The van der Waals surface area contributed by atoms with Crippen LogP contribution in [0.1, 0.15) is 60.1 Å². The van der Waals surface area contributed by atoms with Gasteiger partial charge in [0.25, 0.3) is 0 Å². The van der Waals surface area contributed by atoms with Gasteiger partial charge in [0.05, 0.1) is 17.8 Å². The number of benzene rings is 2. The molecule has 2 atom stereocenters. The van der Waals surface area contributed by atoms with Gasteiger partial charge >= 0.3 is 0 Å². The van der Waals surface area contributed by atoms with Gasteiger partial charge in [0.1, 0.15) is 12.7 Å². The maximum atomic E-state index is 6.25. The quantitative estimate of drug-likeness (QED) is 0.189. The van der Waals surface area contributed by atoms with Crippen molar-refractivity contribution in [2.24, 2.45) is 0 Å². The van der Waals surface area contributed by atoms with E-state index in [-0.39, 0.29) is 71.6 Å². The van der Waals surface area contributed by atoms with Crippen LogP contribution in [0.15, 0.2) is 49.1 Å². The zero-order chi connectivity index (χ0) is 34.4. The van der Waals surface area contributed by atoms with Crippen molar-refractivity contribution >= 4 is 33.7 Å². The second kappa shape index (κ2) is 16.6. The number of aryl methyl sites for hydroxylation is 4. The molecule has 6 aromatic rings. The third kappa shape index (κ3) is 7.88. The first-order valence-corrected chi connectivity index (χ1v) is 17.2. The third-order valence-corrected chi connectivity index (χ3v) is 10.2. The number of nitrogens with two attached hydrogens (primary N) is 2. The van der Waals surface area contributed by atoms with Crippen molar-refractivity contribution in [3.8, 4) is 22.3 Å². The molecule has 2 fully saturated rings. The number of likely N-dealkylation sites (N-methyl/N-ethyl adjacent to an activating group) is 1. The smallest absolute Gasteiger partial charge is 0.107 e. The molecule has 2 aliphatic heterocycles. The number of fused-ring (bicyclic) bond motifs is 2. The van der Waals surface area contributed by atoms with Gasteiger partial charge in [0, 0.05) is 89.3 Å². The number of hydrogen-bond donors (Lipinski definition) is 2. The molecule has 2 aliphatic rings. The molecule has 0 amide bonds. The Kier molecular flexibility index (Phi) is 12.9. The summed E-state index contributed by atoms with van der Waals surface area (Å²) in [6.45, 7) is 11.7. The molecule has 10 nitrogen and oxygen atoms in total. The van der Waals surface area contributed by atoms with Crippen LogP contribution in [0.25, 0.3) is 44.3 Å². The molecule has 2 unspecified atom stereocenters. The molecule has 0 bridgehead atoms. The third-order valence-electron chi connectivity index (χ3n) is 10.2. The van der Waals surface area contributed by atoms with Crippen molar-refractivity contribution in [2.75, 3.05) is 45.2 Å². The second-order valence-corrected chi connectivity index (χ2v) is 13.9. The van der Waals surface area contributed by atoms with Crippen LogP contribution in [0.2, 0.25) is 0 Å². The average Bonchev–Trinajstić information content (AvgIpc) is 3.78. The Morgan fingerprint density at radius 2 is 1.18 bits per heavy atom. The van der Waals surface area contributed by atoms with E-state index in [1.165, 1.54) is 35.1 Å². The number of nitrogens with zero attached hydrogens (tertiary/aromatic N) is 8. The summed E-state index contributed by atoms with van der Waals surface area (Å²) in [5.41, 5.74) is 23.5. The predicted molar refractivity (Wildman–Crippen MR) is 198 cm³/mol. The van der Waals surface area contributed by atoms with E-state index >= 15 is 0 Å². The van der Waals surface area contributed by atoms with E-state index in [9.17, 15) is 0 Å². The molecule has 4 aromatic heterocycles. The van der Waals surface area contributed by atoms with Crippen LogP contribution in [0, 0.1) is 40.1 Å². The van der Waals surface area contributed by atoms with Crippen LogP contribution in [0.3, 0.4) is 0 Å². The van der Waals surface area contributed by atoms with Crippen molar-refractivity contribution < 1.29 is 65.4 Å². The Labute approximate surface area is 351 Å². The molecule has 6 heterocycles. The summed E-state index contributed by atoms with van der Waals surface area (Å²) < 4.78 is 4.34. The number of piperidine rings is 1. The number of nitrogen functional groups attached to an aromatic ring is 2. The number of anilines is 2. The van der Waals surface area contributed by atoms with Crippen molar-refractivity contribution in [1.29, 1.82) is 0 Å². The fourth-order valence-electron chi connectivity index (χ4n) is 7.71. The molecule has 8 rings (SSSR count).